The standard InChI is InChI=1S/C12H21N5/c1-2-17-12(9-14-15-17)16-8-4-6-11(16)10-5-3-7-13-10/h9-11,13H,2-8H2,1H3. The number of aryl methyl sites for hydroxylation is 1. The number of anilines is 1. The molecule has 1 N–H and O–H groups in total. The highest BCUT2D eigenvalue weighted by molar-refractivity contribution is 5.40. The molecule has 94 valence electrons. The lowest BCUT2D eigenvalue weighted by atomic mass is 10.0. The van der Waals surface area contributed by atoms with Crippen LogP contribution in [0.3, 0.4) is 0 Å². The number of nitrogens with zero attached hydrogens (tertiary/aromatic N) is 4. The van der Waals surface area contributed by atoms with E-state index in [1.165, 1.54) is 38.0 Å². The minimum atomic E-state index is 0.640. The van der Waals surface area contributed by atoms with Crippen molar-refractivity contribution < 1.29 is 0 Å². The summed E-state index contributed by atoms with van der Waals surface area (Å²) in [6.07, 6.45) is 7.14. The Morgan fingerprint density at radius 2 is 2.35 bits per heavy atom. The Hall–Kier alpha value is -1.10. The fraction of sp³-hybridized carbons (Fsp3) is 0.833. The Balaban J connectivity index is 1.81. The van der Waals surface area contributed by atoms with Crippen molar-refractivity contribution in [1.29, 1.82) is 0 Å². The van der Waals surface area contributed by atoms with E-state index in [1.54, 1.807) is 0 Å². The topological polar surface area (TPSA) is 46.0 Å². The molecule has 1 aromatic heterocycles. The van der Waals surface area contributed by atoms with E-state index in [9.17, 15) is 0 Å². The minimum absolute atomic E-state index is 0.640. The van der Waals surface area contributed by atoms with Gasteiger partial charge in [-0.25, -0.2) is 4.68 Å². The zero-order chi connectivity index (χ0) is 11.7. The molecule has 0 aliphatic carbocycles. The number of aromatic nitrogens is 3. The average Bonchev–Trinajstić information content (AvgIpc) is 3.09. The van der Waals surface area contributed by atoms with Gasteiger partial charge in [-0.3, -0.25) is 0 Å². The molecule has 2 fully saturated rings. The van der Waals surface area contributed by atoms with Crippen LogP contribution in [0.4, 0.5) is 5.82 Å². The van der Waals surface area contributed by atoms with E-state index in [2.05, 4.69) is 27.5 Å². The molecule has 0 spiro atoms. The molecule has 0 saturated carbocycles. The zero-order valence-electron chi connectivity index (χ0n) is 10.5. The molecule has 2 saturated heterocycles. The van der Waals surface area contributed by atoms with Crippen molar-refractivity contribution in [2.75, 3.05) is 18.0 Å². The predicted octanol–water partition coefficient (Wildman–Crippen LogP) is 1.02. The molecule has 5 nitrogen and oxygen atoms in total. The van der Waals surface area contributed by atoms with Crippen LogP contribution in [0.15, 0.2) is 6.20 Å². The molecule has 5 heteroatoms. The highest BCUT2D eigenvalue weighted by Gasteiger charge is 2.34. The Bertz CT molecular complexity index is 369. The number of nitrogens with one attached hydrogen (secondary N) is 1. The van der Waals surface area contributed by atoms with Gasteiger partial charge in [0.1, 0.15) is 5.82 Å². The molecule has 0 amide bonds. The third-order valence-electron chi connectivity index (χ3n) is 4.05. The van der Waals surface area contributed by atoms with Gasteiger partial charge in [-0.15, -0.1) is 5.10 Å². The third-order valence-corrected chi connectivity index (χ3v) is 4.05. The highest BCUT2D eigenvalue weighted by atomic mass is 15.5. The van der Waals surface area contributed by atoms with E-state index in [1.807, 2.05) is 10.9 Å². The average molecular weight is 235 g/mol. The van der Waals surface area contributed by atoms with Crippen LogP contribution in [0.25, 0.3) is 0 Å². The third kappa shape index (κ3) is 1.92. The molecule has 2 unspecified atom stereocenters. The molecule has 2 atom stereocenters. The largest absolute Gasteiger partial charge is 0.351 e. The van der Waals surface area contributed by atoms with Gasteiger partial charge >= 0.3 is 0 Å². The maximum Gasteiger partial charge on any atom is 0.147 e. The van der Waals surface area contributed by atoms with Crippen molar-refractivity contribution in [1.82, 2.24) is 20.3 Å². The molecular formula is C12H21N5. The van der Waals surface area contributed by atoms with E-state index in [-0.39, 0.29) is 0 Å². The van der Waals surface area contributed by atoms with Gasteiger partial charge < -0.3 is 10.2 Å². The SMILES string of the molecule is CCn1nncc1N1CCCC1C1CCCN1. The van der Waals surface area contributed by atoms with Gasteiger partial charge in [-0.05, 0) is 39.2 Å². The lowest BCUT2D eigenvalue weighted by Gasteiger charge is -2.30. The summed E-state index contributed by atoms with van der Waals surface area (Å²) in [5.41, 5.74) is 0. The Labute approximate surface area is 102 Å². The van der Waals surface area contributed by atoms with Gasteiger partial charge in [0.05, 0.1) is 6.20 Å². The van der Waals surface area contributed by atoms with Crippen LogP contribution in [0.5, 0.6) is 0 Å². The van der Waals surface area contributed by atoms with Crippen molar-refractivity contribution in [3.63, 3.8) is 0 Å². The Morgan fingerprint density at radius 1 is 1.41 bits per heavy atom. The number of rotatable bonds is 3. The molecule has 0 aromatic carbocycles. The predicted molar refractivity (Wildman–Crippen MR) is 67.1 cm³/mol. The Morgan fingerprint density at radius 3 is 3.12 bits per heavy atom. The molecule has 2 aliphatic heterocycles. The van der Waals surface area contributed by atoms with Crippen LogP contribution < -0.4 is 10.2 Å². The van der Waals surface area contributed by atoms with Crippen LogP contribution >= 0.6 is 0 Å². The van der Waals surface area contributed by atoms with Crippen LogP contribution in [-0.4, -0.2) is 40.2 Å². The quantitative estimate of drug-likeness (QED) is 0.849. The molecule has 3 heterocycles. The van der Waals surface area contributed by atoms with Gasteiger partial charge in [-0.1, -0.05) is 5.21 Å². The van der Waals surface area contributed by atoms with Gasteiger partial charge in [0.15, 0.2) is 0 Å². The van der Waals surface area contributed by atoms with Crippen molar-refractivity contribution in [2.24, 2.45) is 0 Å². The first-order chi connectivity index (χ1) is 8.40. The smallest absolute Gasteiger partial charge is 0.147 e. The molecule has 0 bridgehead atoms. The van der Waals surface area contributed by atoms with Crippen LogP contribution in [0.2, 0.25) is 0 Å². The van der Waals surface area contributed by atoms with Gasteiger partial charge in [0, 0.05) is 25.2 Å². The first kappa shape index (κ1) is 11.0. The lowest BCUT2D eigenvalue weighted by Crippen LogP contribution is -2.44. The maximum atomic E-state index is 4.14. The Kier molecular flexibility index (Phi) is 3.01. The fourth-order valence-electron chi connectivity index (χ4n) is 3.24. The number of hydrogen-bond acceptors (Lipinski definition) is 4. The molecule has 0 radical (unpaired) electrons. The van der Waals surface area contributed by atoms with E-state index in [4.69, 9.17) is 0 Å². The monoisotopic (exact) mass is 235 g/mol. The first-order valence-electron chi connectivity index (χ1n) is 6.78. The van der Waals surface area contributed by atoms with Crippen LogP contribution in [0.1, 0.15) is 32.6 Å². The molecule has 17 heavy (non-hydrogen) atoms. The zero-order valence-corrected chi connectivity index (χ0v) is 10.5. The fourth-order valence-corrected chi connectivity index (χ4v) is 3.24. The minimum Gasteiger partial charge on any atom is -0.351 e. The summed E-state index contributed by atoms with van der Waals surface area (Å²) in [5, 5.41) is 11.8. The maximum absolute atomic E-state index is 4.14. The van der Waals surface area contributed by atoms with E-state index >= 15 is 0 Å². The van der Waals surface area contributed by atoms with Gasteiger partial charge in [-0.2, -0.15) is 0 Å². The van der Waals surface area contributed by atoms with E-state index in [0.29, 0.717) is 12.1 Å². The van der Waals surface area contributed by atoms with E-state index < -0.39 is 0 Å². The summed E-state index contributed by atoms with van der Waals surface area (Å²) in [6, 6.07) is 1.30. The number of hydrogen-bond donors (Lipinski definition) is 1. The molecular weight excluding hydrogens is 214 g/mol. The second kappa shape index (κ2) is 4.64. The summed E-state index contributed by atoms with van der Waals surface area (Å²) >= 11 is 0. The first-order valence-corrected chi connectivity index (χ1v) is 6.78. The second-order valence-corrected chi connectivity index (χ2v) is 5.01. The summed E-state index contributed by atoms with van der Waals surface area (Å²) in [6.45, 7) is 5.35. The lowest BCUT2D eigenvalue weighted by molar-refractivity contribution is 0.474. The van der Waals surface area contributed by atoms with Crippen LogP contribution in [0, 0.1) is 0 Å². The van der Waals surface area contributed by atoms with Crippen molar-refractivity contribution >= 4 is 5.82 Å². The molecule has 3 rings (SSSR count). The highest BCUT2D eigenvalue weighted by Crippen LogP contribution is 2.29. The summed E-state index contributed by atoms with van der Waals surface area (Å²) in [7, 11) is 0. The summed E-state index contributed by atoms with van der Waals surface area (Å²) in [4.78, 5) is 2.51. The van der Waals surface area contributed by atoms with Crippen LogP contribution in [-0.2, 0) is 6.54 Å². The second-order valence-electron chi connectivity index (χ2n) is 5.01. The molecule has 2 aliphatic rings. The molecule has 1 aromatic rings. The van der Waals surface area contributed by atoms with E-state index in [0.717, 1.165) is 13.1 Å². The van der Waals surface area contributed by atoms with Crippen molar-refractivity contribution in [3.05, 3.63) is 6.20 Å². The summed E-state index contributed by atoms with van der Waals surface area (Å²) < 4.78 is 2.01. The summed E-state index contributed by atoms with van der Waals surface area (Å²) in [5.74, 6) is 1.20. The van der Waals surface area contributed by atoms with Crippen molar-refractivity contribution in [2.45, 2.75) is 51.2 Å². The van der Waals surface area contributed by atoms with Gasteiger partial charge in [0.25, 0.3) is 0 Å². The van der Waals surface area contributed by atoms with Crippen molar-refractivity contribution in [3.8, 4) is 0 Å². The normalized spacial score (nSPS) is 29.1. The van der Waals surface area contributed by atoms with Gasteiger partial charge in [0.2, 0.25) is 0 Å².